The number of aromatic carboxylic acids is 1. The van der Waals surface area contributed by atoms with Crippen LogP contribution in [0.5, 0.6) is 0 Å². The second kappa shape index (κ2) is 5.16. The number of nitrogens with one attached hydrogen (secondary N) is 1. The van der Waals surface area contributed by atoms with Crippen LogP contribution >= 0.6 is 0 Å². The molecular weight excluding hydrogens is 266 g/mol. The highest BCUT2D eigenvalue weighted by molar-refractivity contribution is 5.96. The Kier molecular flexibility index (Phi) is 3.56. The Bertz CT molecular complexity index is 687. The van der Waals surface area contributed by atoms with Crippen LogP contribution in [0.3, 0.4) is 0 Å². The molecule has 0 aliphatic carbocycles. The quantitative estimate of drug-likeness (QED) is 0.753. The molecule has 0 unspecified atom stereocenters. The third-order valence-corrected chi connectivity index (χ3v) is 2.83. The minimum atomic E-state index is -1.17. The SMILES string of the molecule is Cc1cc(Nc2ccc(F)cc2F)cc(C(=O)O)c1N. The van der Waals surface area contributed by atoms with Crippen LogP contribution in [0.4, 0.5) is 25.8 Å². The lowest BCUT2D eigenvalue weighted by Gasteiger charge is -2.12. The summed E-state index contributed by atoms with van der Waals surface area (Å²) in [5, 5.41) is 11.7. The molecule has 20 heavy (non-hydrogen) atoms. The topological polar surface area (TPSA) is 75.3 Å². The standard InChI is InChI=1S/C14H12F2N2O2/c1-7-4-9(6-10(13(7)17)14(19)20)18-12-3-2-8(15)5-11(12)16/h2-6,18H,17H2,1H3,(H,19,20). The Morgan fingerprint density at radius 1 is 1.25 bits per heavy atom. The van der Waals surface area contributed by atoms with E-state index in [4.69, 9.17) is 10.8 Å². The number of rotatable bonds is 3. The zero-order chi connectivity index (χ0) is 14.9. The Morgan fingerprint density at radius 2 is 1.95 bits per heavy atom. The lowest BCUT2D eigenvalue weighted by atomic mass is 10.1. The molecule has 0 bridgehead atoms. The molecule has 0 radical (unpaired) electrons. The molecule has 2 aromatic carbocycles. The van der Waals surface area contributed by atoms with Crippen molar-refractivity contribution < 1.29 is 18.7 Å². The fraction of sp³-hybridized carbons (Fsp3) is 0.0714. The van der Waals surface area contributed by atoms with Crippen molar-refractivity contribution in [3.8, 4) is 0 Å². The maximum atomic E-state index is 13.5. The normalized spacial score (nSPS) is 10.3. The summed E-state index contributed by atoms with van der Waals surface area (Å²) in [6.45, 7) is 1.65. The van der Waals surface area contributed by atoms with Gasteiger partial charge < -0.3 is 16.2 Å². The van der Waals surface area contributed by atoms with Gasteiger partial charge in [-0.25, -0.2) is 13.6 Å². The molecule has 0 aliphatic rings. The smallest absolute Gasteiger partial charge is 0.337 e. The van der Waals surface area contributed by atoms with Crippen LogP contribution in [-0.2, 0) is 0 Å². The average Bonchev–Trinajstić information content (AvgIpc) is 2.36. The number of nitrogens with two attached hydrogens (primary N) is 1. The van der Waals surface area contributed by atoms with Gasteiger partial charge in [-0.05, 0) is 36.8 Å². The molecule has 4 N–H and O–H groups in total. The summed E-state index contributed by atoms with van der Waals surface area (Å²) in [6, 6.07) is 5.97. The number of hydrogen-bond donors (Lipinski definition) is 3. The summed E-state index contributed by atoms with van der Waals surface area (Å²) in [5.41, 5.74) is 6.70. The fourth-order valence-electron chi connectivity index (χ4n) is 1.79. The minimum absolute atomic E-state index is 0.0481. The molecule has 0 aromatic heterocycles. The number of aryl methyl sites for hydroxylation is 1. The van der Waals surface area contributed by atoms with Gasteiger partial charge in [0.25, 0.3) is 0 Å². The lowest BCUT2D eigenvalue weighted by Crippen LogP contribution is -2.06. The van der Waals surface area contributed by atoms with Crippen LogP contribution in [0.15, 0.2) is 30.3 Å². The van der Waals surface area contributed by atoms with Crippen LogP contribution in [-0.4, -0.2) is 11.1 Å². The van der Waals surface area contributed by atoms with E-state index in [2.05, 4.69) is 5.32 Å². The lowest BCUT2D eigenvalue weighted by molar-refractivity contribution is 0.0698. The predicted octanol–water partition coefficient (Wildman–Crippen LogP) is 3.30. The van der Waals surface area contributed by atoms with Crippen LogP contribution in [0.2, 0.25) is 0 Å². The van der Waals surface area contributed by atoms with E-state index in [0.29, 0.717) is 11.3 Å². The molecule has 2 rings (SSSR count). The van der Waals surface area contributed by atoms with Gasteiger partial charge in [0.05, 0.1) is 11.3 Å². The summed E-state index contributed by atoms with van der Waals surface area (Å²) >= 11 is 0. The van der Waals surface area contributed by atoms with Crippen molar-refractivity contribution in [2.75, 3.05) is 11.1 Å². The number of nitrogen functional groups attached to an aromatic ring is 1. The van der Waals surface area contributed by atoms with E-state index in [1.807, 2.05) is 0 Å². The van der Waals surface area contributed by atoms with E-state index in [0.717, 1.165) is 12.1 Å². The molecule has 0 fully saturated rings. The third-order valence-electron chi connectivity index (χ3n) is 2.83. The number of anilines is 3. The summed E-state index contributed by atoms with van der Waals surface area (Å²) in [6.07, 6.45) is 0. The first-order chi connectivity index (χ1) is 9.38. The van der Waals surface area contributed by atoms with Gasteiger partial charge in [0.15, 0.2) is 0 Å². The van der Waals surface area contributed by atoms with Gasteiger partial charge in [0.2, 0.25) is 0 Å². The van der Waals surface area contributed by atoms with Gasteiger partial charge in [0.1, 0.15) is 11.6 Å². The Morgan fingerprint density at radius 3 is 2.55 bits per heavy atom. The molecule has 0 spiro atoms. The van der Waals surface area contributed by atoms with E-state index in [-0.39, 0.29) is 16.9 Å². The second-order valence-electron chi connectivity index (χ2n) is 4.31. The number of benzene rings is 2. The first-order valence-corrected chi connectivity index (χ1v) is 5.74. The fourth-order valence-corrected chi connectivity index (χ4v) is 1.79. The molecule has 0 aliphatic heterocycles. The van der Waals surface area contributed by atoms with Crippen LogP contribution in [0, 0.1) is 18.6 Å². The van der Waals surface area contributed by atoms with E-state index in [9.17, 15) is 13.6 Å². The molecule has 0 saturated carbocycles. The van der Waals surface area contributed by atoms with Crippen molar-refractivity contribution in [1.82, 2.24) is 0 Å². The summed E-state index contributed by atoms with van der Waals surface area (Å²) in [7, 11) is 0. The molecule has 0 atom stereocenters. The Balaban J connectivity index is 2.41. The van der Waals surface area contributed by atoms with Crippen LogP contribution in [0.1, 0.15) is 15.9 Å². The second-order valence-corrected chi connectivity index (χ2v) is 4.31. The maximum absolute atomic E-state index is 13.5. The highest BCUT2D eigenvalue weighted by Gasteiger charge is 2.12. The van der Waals surface area contributed by atoms with Crippen LogP contribution in [0.25, 0.3) is 0 Å². The third kappa shape index (κ3) is 2.69. The first kappa shape index (κ1) is 13.8. The Labute approximate surface area is 113 Å². The molecule has 4 nitrogen and oxygen atoms in total. The summed E-state index contributed by atoms with van der Waals surface area (Å²) < 4.78 is 26.3. The van der Waals surface area contributed by atoms with Crippen molar-refractivity contribution in [1.29, 1.82) is 0 Å². The Hall–Kier alpha value is -2.63. The number of halogens is 2. The van der Waals surface area contributed by atoms with Gasteiger partial charge in [-0.1, -0.05) is 0 Å². The molecule has 0 heterocycles. The largest absolute Gasteiger partial charge is 0.478 e. The van der Waals surface area contributed by atoms with Crippen molar-refractivity contribution >= 4 is 23.0 Å². The van der Waals surface area contributed by atoms with Gasteiger partial charge in [-0.3, -0.25) is 0 Å². The van der Waals surface area contributed by atoms with E-state index in [1.165, 1.54) is 12.1 Å². The molecule has 0 saturated heterocycles. The number of carboxylic acids is 1. The van der Waals surface area contributed by atoms with Crippen molar-refractivity contribution in [2.24, 2.45) is 0 Å². The predicted molar refractivity (Wildman–Crippen MR) is 72.2 cm³/mol. The van der Waals surface area contributed by atoms with Crippen molar-refractivity contribution in [3.63, 3.8) is 0 Å². The summed E-state index contributed by atoms with van der Waals surface area (Å²) in [4.78, 5) is 11.1. The molecule has 2 aromatic rings. The van der Waals surface area contributed by atoms with E-state index in [1.54, 1.807) is 13.0 Å². The average molecular weight is 278 g/mol. The highest BCUT2D eigenvalue weighted by atomic mass is 19.1. The van der Waals surface area contributed by atoms with Gasteiger partial charge in [0, 0.05) is 17.4 Å². The van der Waals surface area contributed by atoms with Gasteiger partial charge in [-0.2, -0.15) is 0 Å². The van der Waals surface area contributed by atoms with Gasteiger partial charge >= 0.3 is 5.97 Å². The number of carboxylic acid groups (broad SMARTS) is 1. The summed E-state index contributed by atoms with van der Waals surface area (Å²) in [5.74, 6) is -2.63. The van der Waals surface area contributed by atoms with E-state index < -0.39 is 17.6 Å². The van der Waals surface area contributed by atoms with Gasteiger partial charge in [-0.15, -0.1) is 0 Å². The molecule has 6 heteroatoms. The number of hydrogen-bond acceptors (Lipinski definition) is 3. The van der Waals surface area contributed by atoms with Crippen molar-refractivity contribution in [3.05, 3.63) is 53.1 Å². The monoisotopic (exact) mass is 278 g/mol. The number of carbonyl (C=O) groups is 1. The van der Waals surface area contributed by atoms with Crippen LogP contribution < -0.4 is 11.1 Å². The molecular formula is C14H12F2N2O2. The highest BCUT2D eigenvalue weighted by Crippen LogP contribution is 2.26. The molecule has 104 valence electrons. The van der Waals surface area contributed by atoms with Crippen molar-refractivity contribution in [2.45, 2.75) is 6.92 Å². The maximum Gasteiger partial charge on any atom is 0.337 e. The molecule has 0 amide bonds. The minimum Gasteiger partial charge on any atom is -0.478 e. The zero-order valence-electron chi connectivity index (χ0n) is 10.6. The zero-order valence-corrected chi connectivity index (χ0v) is 10.6. The van der Waals surface area contributed by atoms with E-state index >= 15 is 0 Å². The first-order valence-electron chi connectivity index (χ1n) is 5.74.